The lowest BCUT2D eigenvalue weighted by atomic mass is 9.84. The normalized spacial score (nSPS) is 20.1. The van der Waals surface area contributed by atoms with Crippen LogP contribution in [0.5, 0.6) is 5.75 Å². The van der Waals surface area contributed by atoms with Crippen molar-refractivity contribution in [1.82, 2.24) is 40.5 Å². The van der Waals surface area contributed by atoms with Gasteiger partial charge in [0.25, 0.3) is 11.8 Å². The van der Waals surface area contributed by atoms with Crippen molar-refractivity contribution >= 4 is 46.2 Å². The van der Waals surface area contributed by atoms with Gasteiger partial charge in [-0.3, -0.25) is 34.0 Å². The van der Waals surface area contributed by atoms with Crippen molar-refractivity contribution in [2.24, 2.45) is 11.3 Å². The Labute approximate surface area is 402 Å². The predicted octanol–water partition coefficient (Wildman–Crippen LogP) is 5.55. The van der Waals surface area contributed by atoms with Crippen LogP contribution >= 0.6 is 0 Å². The molecule has 5 aromatic rings. The number of cyclic esters (lactones) is 1. The molecule has 2 saturated heterocycles. The Kier molecular flexibility index (Phi) is 14.2. The van der Waals surface area contributed by atoms with Gasteiger partial charge in [-0.2, -0.15) is 0 Å². The number of rotatable bonds is 11. The zero-order chi connectivity index (χ0) is 49.3. The van der Waals surface area contributed by atoms with Gasteiger partial charge in [0.15, 0.2) is 0 Å². The molecule has 2 aromatic carbocycles. The molecule has 5 N–H and O–H groups in total. The van der Waals surface area contributed by atoms with Crippen molar-refractivity contribution < 1.29 is 38.6 Å². The number of methoxy groups -OCH3 is 1. The number of hydrogen-bond donors (Lipinski definition) is 5. The number of phenols is 1. The smallest absolute Gasteiger partial charge is 0.324 e. The van der Waals surface area contributed by atoms with Crippen LogP contribution in [0.4, 0.5) is 5.69 Å². The summed E-state index contributed by atoms with van der Waals surface area (Å²) in [6, 6.07) is 15.1. The summed E-state index contributed by atoms with van der Waals surface area (Å²) < 4.78 is 14.2. The second kappa shape index (κ2) is 20.1. The van der Waals surface area contributed by atoms with Crippen LogP contribution < -0.4 is 21.4 Å². The number of hydrogen-bond acceptors (Lipinski definition) is 12. The molecule has 0 saturated carbocycles. The predicted molar refractivity (Wildman–Crippen MR) is 261 cm³/mol. The number of aromatic hydroxyl groups is 1. The molecule has 3 aliphatic heterocycles. The van der Waals surface area contributed by atoms with E-state index in [1.54, 1.807) is 45.4 Å². The fraction of sp³-hybridized carbons (Fsp3) is 0.442. The molecule has 17 heteroatoms. The molecular formula is C52H63N9O8. The lowest BCUT2D eigenvalue weighted by Crippen LogP contribution is -2.62. The molecule has 3 aromatic heterocycles. The minimum Gasteiger partial charge on any atom is -0.508 e. The number of fused-ring (bicyclic) bond motifs is 6. The quantitative estimate of drug-likeness (QED) is 0.0813. The van der Waals surface area contributed by atoms with Crippen molar-refractivity contribution in [3.63, 3.8) is 0 Å². The fourth-order valence-corrected chi connectivity index (χ4v) is 9.62. The number of carbonyl (C=O) groups excluding carboxylic acids is 5. The molecule has 17 nitrogen and oxygen atoms in total. The second-order valence-electron chi connectivity index (χ2n) is 19.5. The van der Waals surface area contributed by atoms with Gasteiger partial charge >= 0.3 is 5.97 Å². The Hall–Kier alpha value is -6.69. The van der Waals surface area contributed by atoms with Crippen molar-refractivity contribution in [3.05, 3.63) is 95.6 Å². The minimum absolute atomic E-state index is 0.0251. The van der Waals surface area contributed by atoms with E-state index in [-0.39, 0.29) is 49.1 Å². The van der Waals surface area contributed by atoms with E-state index in [0.29, 0.717) is 49.2 Å². The highest BCUT2D eigenvalue weighted by Gasteiger charge is 2.38. The number of nitrogens with zero attached hydrogens (tertiary/aromatic N) is 5. The number of hydrazine groups is 1. The summed E-state index contributed by atoms with van der Waals surface area (Å²) in [6.45, 7) is 13.4. The Morgan fingerprint density at radius 1 is 1.04 bits per heavy atom. The van der Waals surface area contributed by atoms with E-state index < -0.39 is 53.1 Å². The molecule has 0 radical (unpaired) electrons. The van der Waals surface area contributed by atoms with Crippen LogP contribution in [0.3, 0.4) is 0 Å². The highest BCUT2D eigenvalue weighted by molar-refractivity contribution is 5.99. The molecule has 5 atom stereocenters. The number of benzene rings is 2. The molecule has 0 unspecified atom stereocenters. The first-order valence-electron chi connectivity index (χ1n) is 23.7. The van der Waals surface area contributed by atoms with Gasteiger partial charge in [-0.1, -0.05) is 39.8 Å². The average molecular weight is 942 g/mol. The third-order valence-electron chi connectivity index (χ3n) is 13.3. The molecule has 6 bridgehead atoms. The largest absolute Gasteiger partial charge is 0.508 e. The van der Waals surface area contributed by atoms with Crippen LogP contribution in [-0.2, 0) is 48.0 Å². The van der Waals surface area contributed by atoms with Crippen molar-refractivity contribution in [1.29, 1.82) is 0 Å². The summed E-state index contributed by atoms with van der Waals surface area (Å²) in [4.78, 5) is 79.8. The van der Waals surface area contributed by atoms with E-state index >= 15 is 0 Å². The topological polar surface area (TPSA) is 219 Å². The SMILES string of the molecule is CCn1c(-c2cccnc2[C@H](C)OC)c2c3cc(ccc31)-c1cc(O)cc(c1)C[C@H](NC(=O)[C@H](C(C)C)N(C)C(=O)c1ccc(NC(=O)[C@H]3CN3)cn1)C(=O)N1CCC[C@H](N1)C(=O)OCC(C)(C)C2. The van der Waals surface area contributed by atoms with E-state index in [1.807, 2.05) is 25.1 Å². The summed E-state index contributed by atoms with van der Waals surface area (Å²) in [5.74, 6) is -2.73. The minimum atomic E-state index is -1.20. The molecule has 3 aliphatic rings. The maximum Gasteiger partial charge on any atom is 0.324 e. The van der Waals surface area contributed by atoms with E-state index in [1.165, 1.54) is 29.2 Å². The Morgan fingerprint density at radius 2 is 1.83 bits per heavy atom. The van der Waals surface area contributed by atoms with Gasteiger partial charge in [-0.15, -0.1) is 0 Å². The molecule has 69 heavy (non-hydrogen) atoms. The molecule has 0 spiro atoms. The average Bonchev–Trinajstić information content (AvgIpc) is 4.15. The molecule has 6 heterocycles. The third-order valence-corrected chi connectivity index (χ3v) is 13.3. The van der Waals surface area contributed by atoms with E-state index in [2.05, 4.69) is 69.9 Å². The number of phenolic OH excluding ortho intramolecular Hbond substituents is 1. The molecule has 0 aliphatic carbocycles. The van der Waals surface area contributed by atoms with Crippen LogP contribution in [-0.4, -0.2) is 117 Å². The van der Waals surface area contributed by atoms with Crippen LogP contribution in [0.1, 0.15) is 87.8 Å². The number of esters is 1. The lowest BCUT2D eigenvalue weighted by Gasteiger charge is -2.36. The second-order valence-corrected chi connectivity index (χ2v) is 19.5. The van der Waals surface area contributed by atoms with Gasteiger partial charge in [-0.25, -0.2) is 10.4 Å². The summed E-state index contributed by atoms with van der Waals surface area (Å²) >= 11 is 0. The zero-order valence-corrected chi connectivity index (χ0v) is 40.6. The lowest BCUT2D eigenvalue weighted by molar-refractivity contribution is -0.155. The third kappa shape index (κ3) is 10.5. The standard InChI is InChI=1S/C52H63N9O8/c1-9-60-43-17-14-32-24-37(43)38(46(60)36-12-10-18-53-44(36)30(4)68-8)25-52(5,6)28-69-51(67)40-13-11-19-61(58-40)50(66)41(22-31-20-33(32)23-35(62)21-31)57-48(64)45(29(2)3)59(7)49(65)39-16-15-34(26-54-39)56-47(63)42-27-55-42/h10,12,14-18,20-21,23-24,26,29-30,40-42,45,55,58,62H,9,11,13,19,22,25,27-28H2,1-8H3,(H,56,63)(H,57,64)/t30-,40-,41-,42+,45-/m0/s1. The van der Waals surface area contributed by atoms with Gasteiger partial charge in [-0.05, 0) is 110 Å². The maximum atomic E-state index is 14.7. The number of pyridine rings is 2. The molecular weight excluding hydrogens is 879 g/mol. The van der Waals surface area contributed by atoms with Crippen LogP contribution in [0.15, 0.2) is 73.1 Å². The van der Waals surface area contributed by atoms with Crippen molar-refractivity contribution in [2.75, 3.05) is 39.2 Å². The van der Waals surface area contributed by atoms with Crippen LogP contribution in [0, 0.1) is 11.3 Å². The molecule has 4 amide bonds. The highest BCUT2D eigenvalue weighted by atomic mass is 16.5. The monoisotopic (exact) mass is 941 g/mol. The highest BCUT2D eigenvalue weighted by Crippen LogP contribution is 2.42. The number of ether oxygens (including phenoxy) is 2. The first kappa shape index (κ1) is 48.8. The Morgan fingerprint density at radius 3 is 2.52 bits per heavy atom. The number of anilines is 1. The number of nitrogens with one attached hydrogen (secondary N) is 4. The first-order chi connectivity index (χ1) is 33.0. The zero-order valence-electron chi connectivity index (χ0n) is 40.6. The van der Waals surface area contributed by atoms with Gasteiger partial charge in [0, 0.05) is 68.3 Å². The summed E-state index contributed by atoms with van der Waals surface area (Å²) in [5, 5.41) is 22.4. The van der Waals surface area contributed by atoms with E-state index in [0.717, 1.165) is 39.0 Å². The van der Waals surface area contributed by atoms with Gasteiger partial charge in [0.2, 0.25) is 11.8 Å². The number of amides is 4. The van der Waals surface area contributed by atoms with E-state index in [4.69, 9.17) is 14.5 Å². The molecule has 2 fully saturated rings. The Bertz CT molecular complexity index is 2770. The van der Waals surface area contributed by atoms with Gasteiger partial charge in [0.05, 0.1) is 42.0 Å². The first-order valence-corrected chi connectivity index (χ1v) is 23.7. The van der Waals surface area contributed by atoms with E-state index in [9.17, 15) is 29.1 Å². The van der Waals surface area contributed by atoms with Crippen molar-refractivity contribution in [3.8, 4) is 28.1 Å². The summed E-state index contributed by atoms with van der Waals surface area (Å²) in [7, 11) is 3.18. The molecule has 8 rings (SSSR count). The van der Waals surface area contributed by atoms with Crippen LogP contribution in [0.25, 0.3) is 33.3 Å². The molecule has 364 valence electrons. The number of carbonyl (C=O) groups is 5. The van der Waals surface area contributed by atoms with Gasteiger partial charge < -0.3 is 40.0 Å². The summed E-state index contributed by atoms with van der Waals surface area (Å²) in [5.41, 5.74) is 9.93. The number of aryl methyl sites for hydroxylation is 1. The van der Waals surface area contributed by atoms with Crippen LogP contribution in [0.2, 0.25) is 0 Å². The maximum absolute atomic E-state index is 14.7. The summed E-state index contributed by atoms with van der Waals surface area (Å²) in [6.07, 6.45) is 4.29. The number of likely N-dealkylation sites (N-methyl/N-ethyl adjacent to an activating group) is 1. The number of aromatic nitrogens is 3. The fourth-order valence-electron chi connectivity index (χ4n) is 9.62. The Balaban J connectivity index is 1.17. The van der Waals surface area contributed by atoms with Crippen molar-refractivity contribution in [2.45, 2.75) is 104 Å². The van der Waals surface area contributed by atoms with Gasteiger partial charge in [0.1, 0.15) is 29.6 Å².